The van der Waals surface area contributed by atoms with Crippen molar-refractivity contribution in [3.05, 3.63) is 51.0 Å². The van der Waals surface area contributed by atoms with E-state index in [1.807, 2.05) is 11.3 Å². The van der Waals surface area contributed by atoms with Gasteiger partial charge in [-0.25, -0.2) is 4.98 Å². The lowest BCUT2D eigenvalue weighted by Crippen LogP contribution is -2.10. The number of rotatable bonds is 5. The fraction of sp³-hybridized carbons (Fsp3) is 0.438. The van der Waals surface area contributed by atoms with Crippen molar-refractivity contribution in [2.24, 2.45) is 5.92 Å². The van der Waals surface area contributed by atoms with Gasteiger partial charge < -0.3 is 0 Å². The first-order chi connectivity index (χ1) is 9.10. The Hall–Kier alpha value is -0.670. The molecule has 19 heavy (non-hydrogen) atoms. The zero-order valence-corrected chi connectivity index (χ0v) is 14.1. The Morgan fingerprint density at radius 3 is 2.47 bits per heavy atom. The number of hydrogen-bond acceptors (Lipinski definition) is 2. The zero-order chi connectivity index (χ0) is 13.8. The Bertz CT molecular complexity index is 528. The molecule has 1 atom stereocenters. The molecule has 0 aliphatic rings. The summed E-state index contributed by atoms with van der Waals surface area (Å²) in [4.78, 5) is 6.01. The van der Waals surface area contributed by atoms with Gasteiger partial charge in [0.05, 0.1) is 10.7 Å². The van der Waals surface area contributed by atoms with Crippen molar-refractivity contribution >= 4 is 27.3 Å². The van der Waals surface area contributed by atoms with Gasteiger partial charge in [0.2, 0.25) is 0 Å². The van der Waals surface area contributed by atoms with Crippen molar-refractivity contribution in [1.29, 1.82) is 0 Å². The molecule has 0 aliphatic heterocycles. The van der Waals surface area contributed by atoms with Crippen LogP contribution in [0.1, 0.15) is 26.7 Å². The van der Waals surface area contributed by atoms with E-state index in [4.69, 9.17) is 0 Å². The van der Waals surface area contributed by atoms with Crippen LogP contribution in [0.25, 0.3) is 0 Å². The Kier molecular flexibility index (Phi) is 5.17. The molecule has 1 heterocycles. The minimum atomic E-state index is 0.617. The highest BCUT2D eigenvalue weighted by Gasteiger charge is 2.13. The quantitative estimate of drug-likeness (QED) is 0.709. The van der Waals surface area contributed by atoms with Gasteiger partial charge in [0.25, 0.3) is 0 Å². The predicted molar refractivity (Wildman–Crippen MR) is 87.5 cm³/mol. The van der Waals surface area contributed by atoms with Crippen molar-refractivity contribution < 1.29 is 0 Å². The Labute approximate surface area is 128 Å². The number of nitrogens with zero attached hydrogens (tertiary/aromatic N) is 1. The SMILES string of the molecule is Cc1ccccc1CC(CBr)Cc1nc(C)c(C)s1. The van der Waals surface area contributed by atoms with Crippen molar-refractivity contribution in [1.82, 2.24) is 4.98 Å². The molecule has 0 saturated heterocycles. The molecule has 1 nitrogen and oxygen atoms in total. The van der Waals surface area contributed by atoms with E-state index in [1.54, 1.807) is 0 Å². The first-order valence-corrected chi connectivity index (χ1v) is 8.57. The average molecular weight is 338 g/mol. The van der Waals surface area contributed by atoms with Crippen LogP contribution >= 0.6 is 27.3 Å². The van der Waals surface area contributed by atoms with E-state index in [0.29, 0.717) is 5.92 Å². The van der Waals surface area contributed by atoms with E-state index in [0.717, 1.165) is 18.2 Å². The minimum Gasteiger partial charge on any atom is -0.246 e. The molecule has 1 aromatic heterocycles. The van der Waals surface area contributed by atoms with E-state index in [-0.39, 0.29) is 0 Å². The standard InChI is InChI=1S/C16H20BrNS/c1-11-6-4-5-7-15(11)8-14(10-17)9-16-18-12(2)13(3)19-16/h4-7,14H,8-10H2,1-3H3. The fourth-order valence-corrected chi connectivity index (χ4v) is 3.71. The molecule has 0 N–H and O–H groups in total. The lowest BCUT2D eigenvalue weighted by molar-refractivity contribution is 0.587. The van der Waals surface area contributed by atoms with Crippen molar-refractivity contribution in [2.75, 3.05) is 5.33 Å². The van der Waals surface area contributed by atoms with Crippen LogP contribution in [0.4, 0.5) is 0 Å². The van der Waals surface area contributed by atoms with Crippen LogP contribution in [0.2, 0.25) is 0 Å². The summed E-state index contributed by atoms with van der Waals surface area (Å²) in [5.74, 6) is 0.617. The van der Waals surface area contributed by atoms with Crippen LogP contribution < -0.4 is 0 Å². The number of aryl methyl sites for hydroxylation is 3. The predicted octanol–water partition coefficient (Wildman–Crippen LogP) is 4.86. The van der Waals surface area contributed by atoms with E-state index in [9.17, 15) is 0 Å². The highest BCUT2D eigenvalue weighted by atomic mass is 79.9. The number of hydrogen-bond donors (Lipinski definition) is 0. The Balaban J connectivity index is 2.07. The topological polar surface area (TPSA) is 12.9 Å². The van der Waals surface area contributed by atoms with Crippen LogP contribution in [-0.4, -0.2) is 10.3 Å². The van der Waals surface area contributed by atoms with Gasteiger partial charge in [0, 0.05) is 16.6 Å². The summed E-state index contributed by atoms with van der Waals surface area (Å²) in [6.45, 7) is 6.44. The smallest absolute Gasteiger partial charge is 0.0934 e. The van der Waals surface area contributed by atoms with Gasteiger partial charge in [0.15, 0.2) is 0 Å². The van der Waals surface area contributed by atoms with Crippen molar-refractivity contribution in [3.63, 3.8) is 0 Å². The fourth-order valence-electron chi connectivity index (χ4n) is 2.20. The van der Waals surface area contributed by atoms with Crippen LogP contribution in [0.3, 0.4) is 0 Å². The molecule has 0 spiro atoms. The van der Waals surface area contributed by atoms with Gasteiger partial charge in [-0.15, -0.1) is 11.3 Å². The average Bonchev–Trinajstić information content (AvgIpc) is 2.70. The molecule has 0 fully saturated rings. The zero-order valence-electron chi connectivity index (χ0n) is 11.7. The number of benzene rings is 1. The lowest BCUT2D eigenvalue weighted by Gasteiger charge is -2.14. The highest BCUT2D eigenvalue weighted by Crippen LogP contribution is 2.23. The summed E-state index contributed by atoms with van der Waals surface area (Å²) in [5.41, 5.74) is 4.03. The lowest BCUT2D eigenvalue weighted by atomic mass is 9.95. The van der Waals surface area contributed by atoms with Crippen LogP contribution in [0.5, 0.6) is 0 Å². The molecule has 102 valence electrons. The van der Waals surface area contributed by atoms with Gasteiger partial charge in [-0.05, 0) is 44.2 Å². The van der Waals surface area contributed by atoms with Gasteiger partial charge in [-0.2, -0.15) is 0 Å². The molecule has 1 aromatic carbocycles. The summed E-state index contributed by atoms with van der Waals surface area (Å²) >= 11 is 5.50. The summed E-state index contributed by atoms with van der Waals surface area (Å²) in [6.07, 6.45) is 2.19. The van der Waals surface area contributed by atoms with E-state index in [2.05, 4.69) is 66.0 Å². The van der Waals surface area contributed by atoms with Crippen molar-refractivity contribution in [2.45, 2.75) is 33.6 Å². The van der Waals surface area contributed by atoms with E-state index >= 15 is 0 Å². The van der Waals surface area contributed by atoms with Gasteiger partial charge in [0.1, 0.15) is 0 Å². The van der Waals surface area contributed by atoms with E-state index < -0.39 is 0 Å². The molecular weight excluding hydrogens is 318 g/mol. The van der Waals surface area contributed by atoms with Gasteiger partial charge >= 0.3 is 0 Å². The van der Waals surface area contributed by atoms with Crippen LogP contribution in [0.15, 0.2) is 24.3 Å². The molecule has 2 aromatic rings. The maximum atomic E-state index is 4.66. The third kappa shape index (κ3) is 3.90. The molecule has 0 saturated carbocycles. The van der Waals surface area contributed by atoms with Gasteiger partial charge in [-0.1, -0.05) is 40.2 Å². The van der Waals surface area contributed by atoms with Crippen LogP contribution in [-0.2, 0) is 12.8 Å². The van der Waals surface area contributed by atoms with E-state index in [1.165, 1.54) is 26.7 Å². The summed E-state index contributed by atoms with van der Waals surface area (Å²) < 4.78 is 0. The summed E-state index contributed by atoms with van der Waals surface area (Å²) in [6, 6.07) is 8.67. The molecule has 0 aliphatic carbocycles. The molecular formula is C16H20BrNS. The Morgan fingerprint density at radius 1 is 1.16 bits per heavy atom. The largest absolute Gasteiger partial charge is 0.246 e. The third-order valence-electron chi connectivity index (χ3n) is 3.52. The second-order valence-corrected chi connectivity index (χ2v) is 7.04. The summed E-state index contributed by atoms with van der Waals surface area (Å²) in [5, 5.41) is 2.30. The Morgan fingerprint density at radius 2 is 1.89 bits per heavy atom. The molecule has 0 radical (unpaired) electrons. The number of halogens is 1. The summed E-state index contributed by atoms with van der Waals surface area (Å²) in [7, 11) is 0. The molecule has 1 unspecified atom stereocenters. The second-order valence-electron chi connectivity index (χ2n) is 5.10. The second kappa shape index (κ2) is 6.67. The molecule has 3 heteroatoms. The molecule has 2 rings (SSSR count). The maximum Gasteiger partial charge on any atom is 0.0934 e. The number of alkyl halides is 1. The molecule has 0 bridgehead atoms. The van der Waals surface area contributed by atoms with Gasteiger partial charge in [-0.3, -0.25) is 0 Å². The molecule has 0 amide bonds. The minimum absolute atomic E-state index is 0.617. The van der Waals surface area contributed by atoms with Crippen molar-refractivity contribution in [3.8, 4) is 0 Å². The number of thiazole rings is 1. The first-order valence-electron chi connectivity index (χ1n) is 6.63. The first kappa shape index (κ1) is 14.7. The third-order valence-corrected chi connectivity index (χ3v) is 5.54. The maximum absolute atomic E-state index is 4.66. The normalized spacial score (nSPS) is 12.6. The monoisotopic (exact) mass is 337 g/mol. The number of aromatic nitrogens is 1. The van der Waals surface area contributed by atoms with Crippen LogP contribution in [0, 0.1) is 26.7 Å². The highest BCUT2D eigenvalue weighted by molar-refractivity contribution is 9.09.